The smallest absolute Gasteiger partial charge is 0.223 e. The third-order valence-corrected chi connectivity index (χ3v) is 4.79. The van der Waals surface area contributed by atoms with Gasteiger partial charge in [0.2, 0.25) is 5.91 Å². The first kappa shape index (κ1) is 12.7. The Morgan fingerprint density at radius 1 is 1.11 bits per heavy atom. The van der Waals surface area contributed by atoms with Gasteiger partial charge in [0.15, 0.2) is 0 Å². The Balaban J connectivity index is 1.48. The Hall–Kier alpha value is -1.31. The van der Waals surface area contributed by atoms with Crippen molar-refractivity contribution in [3.8, 4) is 0 Å². The predicted molar refractivity (Wildman–Crippen MR) is 76.9 cm³/mol. The van der Waals surface area contributed by atoms with Gasteiger partial charge in [0.1, 0.15) is 0 Å². The second kappa shape index (κ2) is 5.36. The van der Waals surface area contributed by atoms with Crippen molar-refractivity contribution < 1.29 is 4.79 Å². The van der Waals surface area contributed by atoms with Crippen LogP contribution >= 0.6 is 0 Å². The van der Waals surface area contributed by atoms with Crippen LogP contribution in [0.4, 0.5) is 0 Å². The Bertz CT molecular complexity index is 434. The number of carbonyl (C=O) groups excluding carboxylic acids is 1. The van der Waals surface area contributed by atoms with E-state index >= 15 is 0 Å². The van der Waals surface area contributed by atoms with Gasteiger partial charge in [-0.3, -0.25) is 4.79 Å². The summed E-state index contributed by atoms with van der Waals surface area (Å²) in [5.41, 5.74) is 1.46. The first-order chi connectivity index (χ1) is 9.24. The van der Waals surface area contributed by atoms with Gasteiger partial charge < -0.3 is 5.32 Å². The van der Waals surface area contributed by atoms with E-state index in [1.54, 1.807) is 0 Å². The van der Waals surface area contributed by atoms with Crippen LogP contribution in [0.15, 0.2) is 30.3 Å². The van der Waals surface area contributed by atoms with Crippen LogP contribution < -0.4 is 5.32 Å². The van der Waals surface area contributed by atoms with E-state index in [4.69, 9.17) is 0 Å². The maximum atomic E-state index is 11.9. The first-order valence-electron chi connectivity index (χ1n) is 7.59. The lowest BCUT2D eigenvalue weighted by molar-refractivity contribution is -0.123. The van der Waals surface area contributed by atoms with E-state index in [-0.39, 0.29) is 0 Å². The molecule has 2 aliphatic rings. The molecule has 3 rings (SSSR count). The lowest BCUT2D eigenvalue weighted by atomic mass is 9.82. The molecular formula is C17H23NO. The fraction of sp³-hybridized carbons (Fsp3) is 0.588. The number of rotatable bonds is 3. The predicted octanol–water partition coefficient (Wildman–Crippen LogP) is 3.49. The van der Waals surface area contributed by atoms with Gasteiger partial charge in [-0.1, -0.05) is 37.3 Å². The molecule has 1 aromatic rings. The Kier molecular flexibility index (Phi) is 3.58. The fourth-order valence-corrected chi connectivity index (χ4v) is 3.29. The van der Waals surface area contributed by atoms with Gasteiger partial charge in [-0.25, -0.2) is 0 Å². The molecule has 0 aromatic heterocycles. The van der Waals surface area contributed by atoms with E-state index in [2.05, 4.69) is 42.6 Å². The summed E-state index contributed by atoms with van der Waals surface area (Å²) in [5.74, 6) is 1.91. The maximum Gasteiger partial charge on any atom is 0.223 e. The van der Waals surface area contributed by atoms with Crippen LogP contribution in [0.3, 0.4) is 0 Å². The molecule has 1 N–H and O–H groups in total. The summed E-state index contributed by atoms with van der Waals surface area (Å²) in [6.45, 7) is 2.16. The van der Waals surface area contributed by atoms with Crippen molar-refractivity contribution in [1.29, 1.82) is 0 Å². The van der Waals surface area contributed by atoms with E-state index < -0.39 is 0 Å². The van der Waals surface area contributed by atoms with Crippen LogP contribution in [0.2, 0.25) is 0 Å². The molecule has 2 fully saturated rings. The highest BCUT2D eigenvalue weighted by Crippen LogP contribution is 2.38. The standard InChI is InChI=1S/C17H23NO/c1-12-11-16(12)17(19)18-15-9-7-14(8-10-15)13-5-3-2-4-6-13/h2-6,12,14-16H,7-11H2,1H3,(H,18,19). The van der Waals surface area contributed by atoms with Crippen molar-refractivity contribution in [3.05, 3.63) is 35.9 Å². The number of hydrogen-bond acceptors (Lipinski definition) is 1. The highest BCUT2D eigenvalue weighted by molar-refractivity contribution is 5.81. The minimum Gasteiger partial charge on any atom is -0.353 e. The SMILES string of the molecule is CC1CC1C(=O)NC1CCC(c2ccccc2)CC1. The molecule has 2 saturated carbocycles. The van der Waals surface area contributed by atoms with E-state index in [0.29, 0.717) is 29.7 Å². The minimum atomic E-state index is 0.302. The maximum absolute atomic E-state index is 11.9. The summed E-state index contributed by atoms with van der Waals surface area (Å²) in [6, 6.07) is 11.2. The summed E-state index contributed by atoms with van der Waals surface area (Å²) in [7, 11) is 0. The first-order valence-corrected chi connectivity index (χ1v) is 7.59. The van der Waals surface area contributed by atoms with Crippen LogP contribution in [-0.4, -0.2) is 11.9 Å². The van der Waals surface area contributed by atoms with Crippen LogP contribution in [0.1, 0.15) is 50.5 Å². The largest absolute Gasteiger partial charge is 0.353 e. The highest BCUT2D eigenvalue weighted by atomic mass is 16.2. The molecule has 19 heavy (non-hydrogen) atoms. The molecule has 2 heteroatoms. The zero-order chi connectivity index (χ0) is 13.2. The van der Waals surface area contributed by atoms with Crippen molar-refractivity contribution in [1.82, 2.24) is 5.32 Å². The van der Waals surface area contributed by atoms with E-state index in [0.717, 1.165) is 19.3 Å². The van der Waals surface area contributed by atoms with Gasteiger partial charge in [0, 0.05) is 12.0 Å². The number of amides is 1. The van der Waals surface area contributed by atoms with Gasteiger partial charge in [0.05, 0.1) is 0 Å². The van der Waals surface area contributed by atoms with Crippen LogP contribution in [0.25, 0.3) is 0 Å². The molecule has 2 aliphatic carbocycles. The molecule has 2 unspecified atom stereocenters. The normalized spacial score (nSPS) is 33.7. The average molecular weight is 257 g/mol. The molecule has 0 aliphatic heterocycles. The molecular weight excluding hydrogens is 234 g/mol. The lowest BCUT2D eigenvalue weighted by Crippen LogP contribution is -2.38. The van der Waals surface area contributed by atoms with E-state index in [1.165, 1.54) is 18.4 Å². The van der Waals surface area contributed by atoms with E-state index in [9.17, 15) is 4.79 Å². The number of benzene rings is 1. The molecule has 0 spiro atoms. The second-order valence-corrected chi connectivity index (χ2v) is 6.29. The summed E-state index contributed by atoms with van der Waals surface area (Å²) >= 11 is 0. The van der Waals surface area contributed by atoms with Crippen LogP contribution in [-0.2, 0) is 4.79 Å². The minimum absolute atomic E-state index is 0.302. The van der Waals surface area contributed by atoms with Crippen LogP contribution in [0, 0.1) is 11.8 Å². The van der Waals surface area contributed by atoms with Gasteiger partial charge in [-0.2, -0.15) is 0 Å². The van der Waals surface area contributed by atoms with Crippen LogP contribution in [0.5, 0.6) is 0 Å². The van der Waals surface area contributed by atoms with E-state index in [1.807, 2.05) is 0 Å². The van der Waals surface area contributed by atoms with Crippen molar-refractivity contribution in [2.75, 3.05) is 0 Å². The molecule has 0 radical (unpaired) electrons. The number of hydrogen-bond donors (Lipinski definition) is 1. The zero-order valence-corrected chi connectivity index (χ0v) is 11.6. The summed E-state index contributed by atoms with van der Waals surface area (Å²) in [4.78, 5) is 11.9. The second-order valence-electron chi connectivity index (χ2n) is 6.29. The molecule has 1 amide bonds. The Morgan fingerprint density at radius 3 is 2.32 bits per heavy atom. The summed E-state index contributed by atoms with van der Waals surface area (Å²) < 4.78 is 0. The lowest BCUT2D eigenvalue weighted by Gasteiger charge is -2.29. The molecule has 0 heterocycles. The quantitative estimate of drug-likeness (QED) is 0.882. The molecule has 2 nitrogen and oxygen atoms in total. The molecule has 0 saturated heterocycles. The summed E-state index contributed by atoms with van der Waals surface area (Å²) in [5, 5.41) is 3.24. The molecule has 1 aromatic carbocycles. The topological polar surface area (TPSA) is 29.1 Å². The monoisotopic (exact) mass is 257 g/mol. The van der Waals surface area contributed by atoms with Crippen molar-refractivity contribution in [2.24, 2.45) is 11.8 Å². The Labute approximate surface area is 115 Å². The number of carbonyl (C=O) groups is 1. The van der Waals surface area contributed by atoms with Crippen molar-refractivity contribution in [2.45, 2.75) is 51.0 Å². The molecule has 0 bridgehead atoms. The van der Waals surface area contributed by atoms with Gasteiger partial charge in [0.25, 0.3) is 0 Å². The zero-order valence-electron chi connectivity index (χ0n) is 11.6. The van der Waals surface area contributed by atoms with Crippen molar-refractivity contribution >= 4 is 5.91 Å². The summed E-state index contributed by atoms with van der Waals surface area (Å²) in [6.07, 6.45) is 5.76. The fourth-order valence-electron chi connectivity index (χ4n) is 3.29. The van der Waals surface area contributed by atoms with Gasteiger partial charge >= 0.3 is 0 Å². The third-order valence-electron chi connectivity index (χ3n) is 4.79. The Morgan fingerprint density at radius 2 is 1.74 bits per heavy atom. The molecule has 102 valence electrons. The van der Waals surface area contributed by atoms with Gasteiger partial charge in [-0.05, 0) is 49.5 Å². The third kappa shape index (κ3) is 2.99. The van der Waals surface area contributed by atoms with Gasteiger partial charge in [-0.15, -0.1) is 0 Å². The number of nitrogens with one attached hydrogen (secondary N) is 1. The molecule has 2 atom stereocenters. The highest BCUT2D eigenvalue weighted by Gasteiger charge is 2.39. The average Bonchev–Trinajstić information content (AvgIpc) is 3.18. The van der Waals surface area contributed by atoms with Crippen molar-refractivity contribution in [3.63, 3.8) is 0 Å².